The van der Waals surface area contributed by atoms with E-state index in [0.29, 0.717) is 16.6 Å². The highest BCUT2D eigenvalue weighted by Crippen LogP contribution is 2.14. The number of carbonyl (C=O) groups excluding carboxylic acids is 1. The average Bonchev–Trinajstić information content (AvgIpc) is 2.71. The third-order valence-electron chi connectivity index (χ3n) is 4.33. The van der Waals surface area contributed by atoms with Gasteiger partial charge in [-0.05, 0) is 24.3 Å². The first kappa shape index (κ1) is 19.7. The molecule has 1 amide bonds. The van der Waals surface area contributed by atoms with E-state index in [0.717, 1.165) is 0 Å². The minimum Gasteiger partial charge on any atom is -0.354 e. The Kier molecular flexibility index (Phi) is 6.13. The molecule has 8 heteroatoms. The summed E-state index contributed by atoms with van der Waals surface area (Å²) in [5.41, 5.74) is 0.0769. The van der Waals surface area contributed by atoms with Crippen LogP contribution in [0.3, 0.4) is 0 Å². The summed E-state index contributed by atoms with van der Waals surface area (Å²) in [7, 11) is 2.90. The van der Waals surface area contributed by atoms with E-state index in [2.05, 4.69) is 10.3 Å². The fraction of sp³-hybridized carbons (Fsp3) is 0.250. The van der Waals surface area contributed by atoms with E-state index < -0.39 is 23.6 Å². The molecule has 28 heavy (non-hydrogen) atoms. The van der Waals surface area contributed by atoms with Crippen LogP contribution in [0, 0.1) is 5.82 Å². The van der Waals surface area contributed by atoms with Gasteiger partial charge in [-0.3, -0.25) is 14.2 Å². The van der Waals surface area contributed by atoms with Gasteiger partial charge in [0.15, 0.2) is 6.29 Å². The van der Waals surface area contributed by atoms with Crippen molar-refractivity contribution in [3.8, 4) is 0 Å². The number of fused-ring (bicyclic) bond motifs is 1. The topological polar surface area (TPSA) is 82.5 Å². The molecule has 0 saturated carbocycles. The molecular formula is C20H20FN3O4. The Morgan fingerprint density at radius 1 is 1.21 bits per heavy atom. The third kappa shape index (κ3) is 4.08. The molecule has 0 fully saturated rings. The Hall–Kier alpha value is -3.10. The first-order chi connectivity index (χ1) is 13.5. The fourth-order valence-corrected chi connectivity index (χ4v) is 2.85. The molecule has 0 bridgehead atoms. The molecule has 0 aliphatic rings. The van der Waals surface area contributed by atoms with E-state index in [1.165, 1.54) is 30.9 Å². The number of rotatable bonds is 7. The van der Waals surface area contributed by atoms with Crippen LogP contribution in [0.4, 0.5) is 4.39 Å². The van der Waals surface area contributed by atoms with Gasteiger partial charge in [0.05, 0.1) is 13.1 Å². The number of nitrogens with zero attached hydrogens (tertiary/aromatic N) is 2. The molecular weight excluding hydrogens is 365 g/mol. The second kappa shape index (κ2) is 8.73. The van der Waals surface area contributed by atoms with E-state index in [1.54, 1.807) is 36.5 Å². The highest BCUT2D eigenvalue weighted by molar-refractivity contribution is 5.96. The van der Waals surface area contributed by atoms with E-state index >= 15 is 0 Å². The Morgan fingerprint density at radius 2 is 1.96 bits per heavy atom. The summed E-state index contributed by atoms with van der Waals surface area (Å²) in [4.78, 5) is 29.8. The summed E-state index contributed by atoms with van der Waals surface area (Å²) in [5.74, 6) is -1.01. The van der Waals surface area contributed by atoms with Crippen molar-refractivity contribution in [2.75, 3.05) is 20.8 Å². The minimum absolute atomic E-state index is 0.0428. The molecule has 2 heterocycles. The average molecular weight is 385 g/mol. The zero-order chi connectivity index (χ0) is 20.1. The lowest BCUT2D eigenvalue weighted by atomic mass is 10.1. The monoisotopic (exact) mass is 385 g/mol. The van der Waals surface area contributed by atoms with Crippen molar-refractivity contribution in [1.82, 2.24) is 14.9 Å². The number of methoxy groups -OCH3 is 2. The van der Waals surface area contributed by atoms with Gasteiger partial charge in [-0.2, -0.15) is 0 Å². The Morgan fingerprint density at radius 3 is 2.68 bits per heavy atom. The largest absolute Gasteiger partial charge is 0.354 e. The lowest BCUT2D eigenvalue weighted by Crippen LogP contribution is -2.38. The molecule has 0 spiro atoms. The van der Waals surface area contributed by atoms with Gasteiger partial charge in [-0.1, -0.05) is 18.2 Å². The third-order valence-corrected chi connectivity index (χ3v) is 4.33. The molecule has 1 N–H and O–H groups in total. The Bertz CT molecular complexity index is 1050. The number of halogens is 1. The summed E-state index contributed by atoms with van der Waals surface area (Å²) in [5, 5.41) is 3.21. The van der Waals surface area contributed by atoms with Crippen LogP contribution >= 0.6 is 0 Å². The molecule has 1 aromatic carbocycles. The maximum atomic E-state index is 14.1. The molecule has 0 unspecified atom stereocenters. The minimum atomic E-state index is -0.633. The van der Waals surface area contributed by atoms with Crippen molar-refractivity contribution in [3.05, 3.63) is 76.0 Å². The predicted octanol–water partition coefficient (Wildman–Crippen LogP) is 1.93. The van der Waals surface area contributed by atoms with Crippen LogP contribution in [0.25, 0.3) is 11.0 Å². The number of benzene rings is 1. The van der Waals surface area contributed by atoms with E-state index in [-0.39, 0.29) is 18.7 Å². The molecule has 3 aromatic rings. The van der Waals surface area contributed by atoms with Crippen molar-refractivity contribution >= 4 is 16.9 Å². The molecule has 3 rings (SSSR count). The van der Waals surface area contributed by atoms with Gasteiger partial charge in [0, 0.05) is 31.4 Å². The van der Waals surface area contributed by atoms with E-state index in [1.807, 2.05) is 0 Å². The summed E-state index contributed by atoms with van der Waals surface area (Å²) < 4.78 is 25.5. The summed E-state index contributed by atoms with van der Waals surface area (Å²) in [6.07, 6.45) is 0.910. The summed E-state index contributed by atoms with van der Waals surface area (Å²) in [6, 6.07) is 11.1. The molecule has 0 aliphatic carbocycles. The standard InChI is InChI=1S/C20H20FN3O4/c1-27-17(28-2)11-23-19(25)15-10-13-7-5-9-22-18(13)24(20(15)26)12-14-6-3-4-8-16(14)21/h3-10,17H,11-12H2,1-2H3,(H,23,25). The predicted molar refractivity (Wildman–Crippen MR) is 102 cm³/mol. The van der Waals surface area contributed by atoms with Crippen molar-refractivity contribution in [2.45, 2.75) is 12.8 Å². The maximum Gasteiger partial charge on any atom is 0.265 e. The van der Waals surface area contributed by atoms with Crippen LogP contribution in [0.5, 0.6) is 0 Å². The number of amides is 1. The van der Waals surface area contributed by atoms with E-state index in [4.69, 9.17) is 9.47 Å². The number of carbonyl (C=O) groups is 1. The SMILES string of the molecule is COC(CNC(=O)c1cc2cccnc2n(Cc2ccccc2F)c1=O)OC. The second-order valence-corrected chi connectivity index (χ2v) is 6.07. The molecule has 0 radical (unpaired) electrons. The number of hydrogen-bond acceptors (Lipinski definition) is 5. The molecule has 0 aliphatic heterocycles. The van der Waals surface area contributed by atoms with E-state index in [9.17, 15) is 14.0 Å². The summed E-state index contributed by atoms with van der Waals surface area (Å²) >= 11 is 0. The Labute approximate surface area is 160 Å². The van der Waals surface area contributed by atoms with Gasteiger partial charge in [0.25, 0.3) is 11.5 Å². The number of pyridine rings is 2. The quantitative estimate of drug-likeness (QED) is 0.629. The lowest BCUT2D eigenvalue weighted by Gasteiger charge is -2.15. The van der Waals surface area contributed by atoms with Gasteiger partial charge in [-0.15, -0.1) is 0 Å². The highest BCUT2D eigenvalue weighted by Gasteiger charge is 2.18. The Balaban J connectivity index is 2.03. The van der Waals surface area contributed by atoms with Crippen LogP contribution in [-0.2, 0) is 16.0 Å². The fourth-order valence-electron chi connectivity index (χ4n) is 2.85. The van der Waals surface area contributed by atoms with Gasteiger partial charge in [-0.25, -0.2) is 9.37 Å². The number of ether oxygens (including phenoxy) is 2. The molecule has 2 aromatic heterocycles. The van der Waals surface area contributed by atoms with Gasteiger partial charge >= 0.3 is 0 Å². The van der Waals surface area contributed by atoms with Crippen LogP contribution in [0.2, 0.25) is 0 Å². The first-order valence-corrected chi connectivity index (χ1v) is 8.61. The number of aromatic nitrogens is 2. The van der Waals surface area contributed by atoms with Crippen LogP contribution in [-0.4, -0.2) is 42.5 Å². The van der Waals surface area contributed by atoms with Crippen LogP contribution in [0.15, 0.2) is 53.5 Å². The first-order valence-electron chi connectivity index (χ1n) is 8.61. The zero-order valence-electron chi connectivity index (χ0n) is 15.5. The van der Waals surface area contributed by atoms with Crippen LogP contribution in [0.1, 0.15) is 15.9 Å². The number of nitrogens with one attached hydrogen (secondary N) is 1. The maximum absolute atomic E-state index is 14.1. The van der Waals surface area contributed by atoms with Crippen molar-refractivity contribution in [1.29, 1.82) is 0 Å². The van der Waals surface area contributed by atoms with Gasteiger partial charge < -0.3 is 14.8 Å². The van der Waals surface area contributed by atoms with Crippen molar-refractivity contribution in [3.63, 3.8) is 0 Å². The highest BCUT2D eigenvalue weighted by atomic mass is 19.1. The number of hydrogen-bond donors (Lipinski definition) is 1. The van der Waals surface area contributed by atoms with Gasteiger partial charge in [0.2, 0.25) is 0 Å². The molecule has 0 saturated heterocycles. The van der Waals surface area contributed by atoms with Gasteiger partial charge in [0.1, 0.15) is 17.0 Å². The van der Waals surface area contributed by atoms with Crippen molar-refractivity contribution in [2.24, 2.45) is 0 Å². The molecule has 0 atom stereocenters. The second-order valence-electron chi connectivity index (χ2n) is 6.07. The zero-order valence-corrected chi connectivity index (χ0v) is 15.5. The normalized spacial score (nSPS) is 11.1. The van der Waals surface area contributed by atoms with Crippen LogP contribution < -0.4 is 10.9 Å². The molecule has 146 valence electrons. The smallest absolute Gasteiger partial charge is 0.265 e. The molecule has 7 nitrogen and oxygen atoms in total. The van der Waals surface area contributed by atoms with Crippen molar-refractivity contribution < 1.29 is 18.7 Å². The lowest BCUT2D eigenvalue weighted by molar-refractivity contribution is -0.0974. The summed E-state index contributed by atoms with van der Waals surface area (Å²) in [6.45, 7) is 0.0303.